The van der Waals surface area contributed by atoms with Gasteiger partial charge in [0.15, 0.2) is 0 Å². The van der Waals surface area contributed by atoms with Gasteiger partial charge in [-0.1, -0.05) is 48.5 Å². The normalized spacial score (nSPS) is 16.9. The summed E-state index contributed by atoms with van der Waals surface area (Å²) in [5.41, 5.74) is 5.91. The molecule has 0 amide bonds. The number of hydrogen-bond donors (Lipinski definition) is 0. The first-order valence-corrected chi connectivity index (χ1v) is 13.4. The molecular formula is C34H27BO4. The van der Waals surface area contributed by atoms with Gasteiger partial charge in [0, 0.05) is 21.5 Å². The standard InChI is InChI=1S/C34H27BO4/c1-33(2)34(3,4)39-35(38-33)24-11-13-26-25-12-9-23(18-30(25)37-32(26)19-24)22-10-14-29-27(16-22)28-15-20-7-5-6-8-21(20)17-31(28)36-29/h5-19H,1-4H3. The summed E-state index contributed by atoms with van der Waals surface area (Å²) in [6, 6.07) is 31.8. The Morgan fingerprint density at radius 2 is 1.05 bits per heavy atom. The summed E-state index contributed by atoms with van der Waals surface area (Å²) < 4.78 is 25.1. The molecule has 1 aliphatic rings. The van der Waals surface area contributed by atoms with Crippen LogP contribution in [0.5, 0.6) is 0 Å². The Morgan fingerprint density at radius 3 is 1.82 bits per heavy atom. The highest BCUT2D eigenvalue weighted by molar-refractivity contribution is 6.62. The van der Waals surface area contributed by atoms with Crippen LogP contribution in [0.1, 0.15) is 27.7 Å². The molecule has 8 rings (SSSR count). The molecule has 1 aliphatic heterocycles. The molecule has 3 heterocycles. The molecule has 0 N–H and O–H groups in total. The van der Waals surface area contributed by atoms with E-state index in [4.69, 9.17) is 18.1 Å². The van der Waals surface area contributed by atoms with Gasteiger partial charge < -0.3 is 18.1 Å². The van der Waals surface area contributed by atoms with Crippen LogP contribution in [-0.4, -0.2) is 18.3 Å². The number of rotatable bonds is 2. The second kappa shape index (κ2) is 7.75. The number of hydrogen-bond acceptors (Lipinski definition) is 4. The van der Waals surface area contributed by atoms with Crippen molar-refractivity contribution in [2.75, 3.05) is 0 Å². The monoisotopic (exact) mass is 510 g/mol. The number of benzene rings is 5. The van der Waals surface area contributed by atoms with Crippen LogP contribution in [-0.2, 0) is 9.31 Å². The summed E-state index contributed by atoms with van der Waals surface area (Å²) in [6.07, 6.45) is 0. The van der Waals surface area contributed by atoms with Gasteiger partial charge in [-0.05, 0) is 97.5 Å². The molecule has 0 unspecified atom stereocenters. The van der Waals surface area contributed by atoms with Crippen LogP contribution in [0.2, 0.25) is 0 Å². The van der Waals surface area contributed by atoms with E-state index in [0.29, 0.717) is 0 Å². The molecule has 0 bridgehead atoms. The zero-order valence-corrected chi connectivity index (χ0v) is 22.4. The molecule has 2 aromatic heterocycles. The molecule has 0 spiro atoms. The third-order valence-corrected chi connectivity index (χ3v) is 8.69. The quantitative estimate of drug-likeness (QED) is 0.219. The molecule has 4 nitrogen and oxygen atoms in total. The van der Waals surface area contributed by atoms with E-state index in [1.807, 2.05) is 6.07 Å². The summed E-state index contributed by atoms with van der Waals surface area (Å²) in [5, 5.41) is 6.81. The molecule has 1 saturated heterocycles. The second-order valence-corrected chi connectivity index (χ2v) is 11.7. The van der Waals surface area contributed by atoms with Crippen molar-refractivity contribution in [2.45, 2.75) is 38.9 Å². The molecular weight excluding hydrogens is 483 g/mol. The third kappa shape index (κ3) is 3.40. The van der Waals surface area contributed by atoms with Crippen LogP contribution >= 0.6 is 0 Å². The maximum Gasteiger partial charge on any atom is 0.494 e. The SMILES string of the molecule is CC1(C)OB(c2ccc3c(c2)oc2cc(-c4ccc5oc6cc7ccccc7cc6c5c4)ccc23)OC1(C)C. The van der Waals surface area contributed by atoms with Gasteiger partial charge in [-0.25, -0.2) is 0 Å². The maximum absolute atomic E-state index is 6.38. The maximum atomic E-state index is 6.38. The Hall–Kier alpha value is -4.06. The molecule has 190 valence electrons. The molecule has 0 atom stereocenters. The predicted molar refractivity (Wildman–Crippen MR) is 160 cm³/mol. The van der Waals surface area contributed by atoms with Crippen molar-refractivity contribution < 1.29 is 18.1 Å². The Kier molecular flexibility index (Phi) is 4.55. The number of furan rings is 2. The Morgan fingerprint density at radius 1 is 0.487 bits per heavy atom. The lowest BCUT2D eigenvalue weighted by molar-refractivity contribution is 0.00578. The van der Waals surface area contributed by atoms with Crippen molar-refractivity contribution in [1.29, 1.82) is 0 Å². The first-order chi connectivity index (χ1) is 18.8. The Labute approximate surface area is 226 Å². The van der Waals surface area contributed by atoms with Crippen molar-refractivity contribution >= 4 is 67.2 Å². The van der Waals surface area contributed by atoms with Crippen molar-refractivity contribution in [3.05, 3.63) is 91.0 Å². The van der Waals surface area contributed by atoms with Crippen molar-refractivity contribution in [2.24, 2.45) is 0 Å². The molecule has 1 fully saturated rings. The zero-order chi connectivity index (χ0) is 26.5. The van der Waals surface area contributed by atoms with Crippen molar-refractivity contribution in [3.63, 3.8) is 0 Å². The third-order valence-electron chi connectivity index (χ3n) is 8.69. The lowest BCUT2D eigenvalue weighted by Crippen LogP contribution is -2.41. The second-order valence-electron chi connectivity index (χ2n) is 11.7. The van der Waals surface area contributed by atoms with Gasteiger partial charge >= 0.3 is 7.12 Å². The van der Waals surface area contributed by atoms with Gasteiger partial charge in [0.2, 0.25) is 0 Å². The molecule has 5 aromatic carbocycles. The Balaban J connectivity index is 1.20. The molecule has 0 radical (unpaired) electrons. The summed E-state index contributed by atoms with van der Waals surface area (Å²) in [6.45, 7) is 8.28. The summed E-state index contributed by atoms with van der Waals surface area (Å²) in [7, 11) is -0.420. The minimum Gasteiger partial charge on any atom is -0.456 e. The zero-order valence-electron chi connectivity index (χ0n) is 22.4. The largest absolute Gasteiger partial charge is 0.494 e. The highest BCUT2D eigenvalue weighted by atomic mass is 16.7. The fourth-order valence-electron chi connectivity index (χ4n) is 5.74. The van der Waals surface area contributed by atoms with Crippen molar-refractivity contribution in [3.8, 4) is 11.1 Å². The van der Waals surface area contributed by atoms with Crippen LogP contribution in [0.25, 0.3) is 65.8 Å². The van der Waals surface area contributed by atoms with E-state index in [0.717, 1.165) is 60.5 Å². The summed E-state index contributed by atoms with van der Waals surface area (Å²) in [5.74, 6) is 0. The van der Waals surface area contributed by atoms with E-state index in [2.05, 4.69) is 113 Å². The first kappa shape index (κ1) is 22.9. The average Bonchev–Trinajstić information content (AvgIpc) is 3.53. The minimum atomic E-state index is -0.420. The van der Waals surface area contributed by atoms with Crippen LogP contribution in [0, 0.1) is 0 Å². The van der Waals surface area contributed by atoms with Crippen LogP contribution in [0.15, 0.2) is 99.8 Å². The lowest BCUT2D eigenvalue weighted by Gasteiger charge is -2.32. The van der Waals surface area contributed by atoms with E-state index in [9.17, 15) is 0 Å². The van der Waals surface area contributed by atoms with E-state index in [1.54, 1.807) is 0 Å². The van der Waals surface area contributed by atoms with E-state index in [-0.39, 0.29) is 11.2 Å². The molecule has 39 heavy (non-hydrogen) atoms. The van der Waals surface area contributed by atoms with E-state index >= 15 is 0 Å². The van der Waals surface area contributed by atoms with E-state index < -0.39 is 7.12 Å². The van der Waals surface area contributed by atoms with Gasteiger partial charge in [-0.2, -0.15) is 0 Å². The highest BCUT2D eigenvalue weighted by Crippen LogP contribution is 2.39. The number of fused-ring (bicyclic) bond motifs is 7. The van der Waals surface area contributed by atoms with Crippen LogP contribution in [0.3, 0.4) is 0 Å². The summed E-state index contributed by atoms with van der Waals surface area (Å²) >= 11 is 0. The minimum absolute atomic E-state index is 0.385. The fourth-order valence-corrected chi connectivity index (χ4v) is 5.74. The predicted octanol–water partition coefficient (Wildman–Crippen LogP) is 8.60. The van der Waals surface area contributed by atoms with Crippen LogP contribution < -0.4 is 5.46 Å². The molecule has 0 saturated carbocycles. The van der Waals surface area contributed by atoms with Gasteiger partial charge in [0.25, 0.3) is 0 Å². The van der Waals surface area contributed by atoms with Gasteiger partial charge in [0.1, 0.15) is 22.3 Å². The smallest absolute Gasteiger partial charge is 0.456 e. The molecule has 7 aromatic rings. The average molecular weight is 510 g/mol. The van der Waals surface area contributed by atoms with Gasteiger partial charge in [0.05, 0.1) is 11.2 Å². The first-order valence-electron chi connectivity index (χ1n) is 13.4. The lowest BCUT2D eigenvalue weighted by atomic mass is 9.79. The van der Waals surface area contributed by atoms with E-state index in [1.165, 1.54) is 10.8 Å². The summed E-state index contributed by atoms with van der Waals surface area (Å²) in [4.78, 5) is 0. The highest BCUT2D eigenvalue weighted by Gasteiger charge is 2.51. The Bertz CT molecular complexity index is 2080. The molecule has 0 aliphatic carbocycles. The fraction of sp³-hybridized carbons (Fsp3) is 0.176. The van der Waals surface area contributed by atoms with Gasteiger partial charge in [-0.3, -0.25) is 0 Å². The topological polar surface area (TPSA) is 44.7 Å². The van der Waals surface area contributed by atoms with Crippen LogP contribution in [0.4, 0.5) is 0 Å². The van der Waals surface area contributed by atoms with Crippen molar-refractivity contribution in [1.82, 2.24) is 0 Å². The van der Waals surface area contributed by atoms with Gasteiger partial charge in [-0.15, -0.1) is 0 Å². The molecule has 5 heteroatoms.